The number of amides is 1. The van der Waals surface area contributed by atoms with Gasteiger partial charge in [0, 0.05) is 23.2 Å². The Hall–Kier alpha value is -1.49. The molecule has 2 aliphatic rings. The van der Waals surface area contributed by atoms with Gasteiger partial charge in [0.1, 0.15) is 11.6 Å². The predicted molar refractivity (Wildman–Crippen MR) is 89.5 cm³/mol. The van der Waals surface area contributed by atoms with Crippen molar-refractivity contribution in [3.05, 3.63) is 35.4 Å². The molecule has 0 aliphatic heterocycles. The van der Waals surface area contributed by atoms with Crippen molar-refractivity contribution in [2.24, 2.45) is 0 Å². The second-order valence-corrected chi connectivity index (χ2v) is 7.17. The molecular formula is C19H26F2N2O. The molecule has 2 saturated carbocycles. The van der Waals surface area contributed by atoms with Gasteiger partial charge in [0.05, 0.1) is 6.54 Å². The predicted octanol–water partition coefficient (Wildman–Crippen LogP) is 3.77. The molecule has 3 rings (SSSR count). The van der Waals surface area contributed by atoms with Gasteiger partial charge < -0.3 is 5.32 Å². The van der Waals surface area contributed by atoms with Crippen LogP contribution >= 0.6 is 0 Å². The second kappa shape index (κ2) is 7.60. The molecule has 5 heteroatoms. The quantitative estimate of drug-likeness (QED) is 0.859. The van der Waals surface area contributed by atoms with Crippen LogP contribution in [-0.2, 0) is 10.3 Å². The smallest absolute Gasteiger partial charge is 0.234 e. The summed E-state index contributed by atoms with van der Waals surface area (Å²) in [7, 11) is 0. The Morgan fingerprint density at radius 2 is 1.79 bits per heavy atom. The van der Waals surface area contributed by atoms with E-state index in [1.165, 1.54) is 25.0 Å². The molecule has 0 saturated heterocycles. The number of hydrogen-bond donors (Lipinski definition) is 2. The van der Waals surface area contributed by atoms with E-state index in [0.717, 1.165) is 51.0 Å². The Morgan fingerprint density at radius 3 is 2.46 bits per heavy atom. The highest BCUT2D eigenvalue weighted by Crippen LogP contribution is 2.38. The molecule has 0 spiro atoms. The van der Waals surface area contributed by atoms with E-state index < -0.39 is 17.2 Å². The molecule has 1 aromatic carbocycles. The fraction of sp³-hybridized carbons (Fsp3) is 0.632. The van der Waals surface area contributed by atoms with Crippen LogP contribution < -0.4 is 10.6 Å². The summed E-state index contributed by atoms with van der Waals surface area (Å²) < 4.78 is 27.6. The first kappa shape index (κ1) is 17.3. The summed E-state index contributed by atoms with van der Waals surface area (Å²) in [6.07, 6.45) is 9.04. The summed E-state index contributed by atoms with van der Waals surface area (Å²) >= 11 is 0. The summed E-state index contributed by atoms with van der Waals surface area (Å²) in [5.74, 6) is -1.13. The van der Waals surface area contributed by atoms with E-state index in [2.05, 4.69) is 10.6 Å². The molecule has 132 valence electrons. The molecule has 1 aromatic rings. The summed E-state index contributed by atoms with van der Waals surface area (Å²) in [6.45, 7) is 0.174. The van der Waals surface area contributed by atoms with E-state index in [1.54, 1.807) is 0 Å². The number of halogens is 2. The van der Waals surface area contributed by atoms with E-state index in [9.17, 15) is 13.6 Å². The van der Waals surface area contributed by atoms with Crippen molar-refractivity contribution in [1.82, 2.24) is 10.6 Å². The maximum Gasteiger partial charge on any atom is 0.234 e. The monoisotopic (exact) mass is 336 g/mol. The largest absolute Gasteiger partial charge is 0.352 e. The number of rotatable bonds is 5. The Labute approximate surface area is 142 Å². The Balaban J connectivity index is 1.70. The van der Waals surface area contributed by atoms with Crippen LogP contribution in [0.5, 0.6) is 0 Å². The van der Waals surface area contributed by atoms with Gasteiger partial charge in [0.15, 0.2) is 0 Å². The zero-order valence-corrected chi connectivity index (χ0v) is 14.0. The Bertz CT molecular complexity index is 579. The average Bonchev–Trinajstić information content (AvgIpc) is 3.07. The number of benzene rings is 1. The van der Waals surface area contributed by atoms with Crippen molar-refractivity contribution in [1.29, 1.82) is 0 Å². The Morgan fingerprint density at radius 1 is 1.08 bits per heavy atom. The molecule has 0 aromatic heterocycles. The number of carbonyl (C=O) groups is 1. The van der Waals surface area contributed by atoms with E-state index in [4.69, 9.17) is 0 Å². The highest BCUT2D eigenvalue weighted by atomic mass is 19.1. The molecule has 0 bridgehead atoms. The van der Waals surface area contributed by atoms with Gasteiger partial charge in [-0.15, -0.1) is 0 Å². The third-order valence-corrected chi connectivity index (χ3v) is 5.46. The lowest BCUT2D eigenvalue weighted by molar-refractivity contribution is -0.121. The molecule has 2 fully saturated rings. The highest BCUT2D eigenvalue weighted by molar-refractivity contribution is 5.78. The number of nitrogens with one attached hydrogen (secondary N) is 2. The third kappa shape index (κ3) is 3.94. The normalized spacial score (nSPS) is 20.9. The maximum atomic E-state index is 14.4. The molecule has 3 nitrogen and oxygen atoms in total. The van der Waals surface area contributed by atoms with Gasteiger partial charge in [-0.25, -0.2) is 8.78 Å². The molecule has 1 amide bonds. The van der Waals surface area contributed by atoms with E-state index in [0.29, 0.717) is 5.56 Å². The van der Waals surface area contributed by atoms with Crippen LogP contribution in [0.25, 0.3) is 0 Å². The standard InChI is InChI=1S/C19H26F2N2O/c20-14-8-9-16(17(21)12-14)19(10-4-1-5-11-19)22-13-18(24)23-15-6-2-3-7-15/h8-9,12,15,22H,1-7,10-11,13H2,(H,23,24). The fourth-order valence-electron chi connectivity index (χ4n) is 4.17. The average molecular weight is 336 g/mol. The first-order chi connectivity index (χ1) is 11.6. The topological polar surface area (TPSA) is 41.1 Å². The van der Waals surface area contributed by atoms with Crippen molar-refractivity contribution in [3.63, 3.8) is 0 Å². The van der Waals surface area contributed by atoms with Crippen LogP contribution in [-0.4, -0.2) is 18.5 Å². The van der Waals surface area contributed by atoms with Gasteiger partial charge in [0.25, 0.3) is 0 Å². The van der Waals surface area contributed by atoms with Crippen LogP contribution in [0, 0.1) is 11.6 Å². The van der Waals surface area contributed by atoms with E-state index in [-0.39, 0.29) is 18.5 Å². The first-order valence-electron chi connectivity index (χ1n) is 9.09. The van der Waals surface area contributed by atoms with Crippen LogP contribution in [0.15, 0.2) is 18.2 Å². The van der Waals surface area contributed by atoms with Gasteiger partial charge in [-0.3, -0.25) is 10.1 Å². The molecule has 0 atom stereocenters. The van der Waals surface area contributed by atoms with Gasteiger partial charge in [0.2, 0.25) is 5.91 Å². The van der Waals surface area contributed by atoms with Gasteiger partial charge >= 0.3 is 0 Å². The number of carbonyl (C=O) groups excluding carboxylic acids is 1. The summed E-state index contributed by atoms with van der Waals surface area (Å²) in [5, 5.41) is 6.37. The van der Waals surface area contributed by atoms with Crippen LogP contribution in [0.1, 0.15) is 63.4 Å². The Kier molecular flexibility index (Phi) is 5.49. The van der Waals surface area contributed by atoms with Crippen LogP contribution in [0.2, 0.25) is 0 Å². The zero-order chi connectivity index (χ0) is 17.0. The number of hydrogen-bond acceptors (Lipinski definition) is 2. The second-order valence-electron chi connectivity index (χ2n) is 7.17. The molecule has 2 aliphatic carbocycles. The van der Waals surface area contributed by atoms with Crippen molar-refractivity contribution >= 4 is 5.91 Å². The molecular weight excluding hydrogens is 310 g/mol. The lowest BCUT2D eigenvalue weighted by Gasteiger charge is -2.39. The molecule has 2 N–H and O–H groups in total. The van der Waals surface area contributed by atoms with Gasteiger partial charge in [-0.05, 0) is 31.7 Å². The van der Waals surface area contributed by atoms with Crippen LogP contribution in [0.4, 0.5) is 8.78 Å². The lowest BCUT2D eigenvalue weighted by Crippen LogP contribution is -2.49. The SMILES string of the molecule is O=C(CNC1(c2ccc(F)cc2F)CCCCC1)NC1CCCC1. The lowest BCUT2D eigenvalue weighted by atomic mass is 9.76. The summed E-state index contributed by atoms with van der Waals surface area (Å²) in [4.78, 5) is 12.2. The summed E-state index contributed by atoms with van der Waals surface area (Å²) in [6, 6.07) is 4.04. The minimum atomic E-state index is -0.568. The van der Waals surface area contributed by atoms with Crippen molar-refractivity contribution in [2.45, 2.75) is 69.4 Å². The van der Waals surface area contributed by atoms with Crippen molar-refractivity contribution < 1.29 is 13.6 Å². The zero-order valence-electron chi connectivity index (χ0n) is 14.0. The summed E-state index contributed by atoms with van der Waals surface area (Å²) in [5.41, 5.74) is -0.0828. The van der Waals surface area contributed by atoms with Crippen molar-refractivity contribution in [2.75, 3.05) is 6.54 Å². The minimum Gasteiger partial charge on any atom is -0.352 e. The molecule has 24 heavy (non-hydrogen) atoms. The van der Waals surface area contributed by atoms with Crippen molar-refractivity contribution in [3.8, 4) is 0 Å². The van der Waals surface area contributed by atoms with E-state index in [1.807, 2.05) is 0 Å². The fourth-order valence-corrected chi connectivity index (χ4v) is 4.17. The van der Waals surface area contributed by atoms with Gasteiger partial charge in [-0.1, -0.05) is 38.2 Å². The molecule has 0 unspecified atom stereocenters. The van der Waals surface area contributed by atoms with Gasteiger partial charge in [-0.2, -0.15) is 0 Å². The van der Waals surface area contributed by atoms with Crippen LogP contribution in [0.3, 0.4) is 0 Å². The third-order valence-electron chi connectivity index (χ3n) is 5.46. The first-order valence-corrected chi connectivity index (χ1v) is 9.09. The minimum absolute atomic E-state index is 0.0330. The molecule has 0 radical (unpaired) electrons. The van der Waals surface area contributed by atoms with E-state index >= 15 is 0 Å². The highest BCUT2D eigenvalue weighted by Gasteiger charge is 2.36. The molecule has 0 heterocycles. The maximum absolute atomic E-state index is 14.4.